The van der Waals surface area contributed by atoms with Crippen molar-refractivity contribution in [3.05, 3.63) is 11.4 Å². The zero-order valence-electron chi connectivity index (χ0n) is 7.71. The molecule has 12 heavy (non-hydrogen) atoms. The van der Waals surface area contributed by atoms with Gasteiger partial charge in [-0.25, -0.2) is 9.79 Å². The normalized spacial score (nSPS) is 20.3. The molecule has 0 saturated carbocycles. The van der Waals surface area contributed by atoms with Gasteiger partial charge in [-0.05, 0) is 6.92 Å². The summed E-state index contributed by atoms with van der Waals surface area (Å²) in [4.78, 5) is 16.9. The highest BCUT2D eigenvalue weighted by atomic mass is 16.6. The minimum absolute atomic E-state index is 0.362. The van der Waals surface area contributed by atoms with Crippen molar-refractivity contribution in [1.82, 2.24) is 4.90 Å². The highest BCUT2D eigenvalue weighted by molar-refractivity contribution is 6.04. The van der Waals surface area contributed by atoms with Crippen LogP contribution < -0.4 is 0 Å². The quantitative estimate of drug-likeness (QED) is 0.428. The lowest BCUT2D eigenvalue weighted by Crippen LogP contribution is -2.13. The summed E-state index contributed by atoms with van der Waals surface area (Å²) in [6, 6.07) is 0. The maximum Gasteiger partial charge on any atom is 0.365 e. The number of aliphatic imine (C=N–C) groups is 1. The molecule has 4 nitrogen and oxygen atoms in total. The van der Waals surface area contributed by atoms with E-state index in [1.807, 2.05) is 25.9 Å². The number of rotatable bonds is 1. The number of nitrogens with zero attached hydrogens (tertiary/aromatic N) is 2. The first-order chi connectivity index (χ1) is 5.52. The summed E-state index contributed by atoms with van der Waals surface area (Å²) in [6.45, 7) is 3.49. The summed E-state index contributed by atoms with van der Waals surface area (Å²) in [5, 5.41) is 0. The van der Waals surface area contributed by atoms with Crippen molar-refractivity contribution in [3.8, 4) is 0 Å². The van der Waals surface area contributed by atoms with Crippen LogP contribution in [0.15, 0.2) is 16.4 Å². The van der Waals surface area contributed by atoms with Gasteiger partial charge < -0.3 is 9.64 Å². The van der Waals surface area contributed by atoms with Crippen LogP contribution in [0.1, 0.15) is 13.8 Å². The highest BCUT2D eigenvalue weighted by Crippen LogP contribution is 2.15. The lowest BCUT2D eigenvalue weighted by molar-refractivity contribution is -0.130. The Labute approximate surface area is 71.5 Å². The number of cyclic esters (lactones) is 1. The van der Waals surface area contributed by atoms with Gasteiger partial charge in [-0.15, -0.1) is 0 Å². The molecule has 4 heteroatoms. The molecule has 1 heterocycles. The van der Waals surface area contributed by atoms with Crippen LogP contribution in [0.5, 0.6) is 0 Å². The fourth-order valence-electron chi connectivity index (χ4n) is 0.849. The van der Waals surface area contributed by atoms with Gasteiger partial charge >= 0.3 is 5.97 Å². The van der Waals surface area contributed by atoms with Gasteiger partial charge in [-0.2, -0.15) is 0 Å². The highest BCUT2D eigenvalue weighted by Gasteiger charge is 2.22. The third-order valence-electron chi connectivity index (χ3n) is 1.72. The number of ether oxygens (including phenoxy) is 1. The minimum Gasteiger partial charge on any atom is -0.407 e. The van der Waals surface area contributed by atoms with E-state index in [1.54, 1.807) is 6.92 Å². The lowest BCUT2D eigenvalue weighted by atomic mass is 10.3. The van der Waals surface area contributed by atoms with Crippen molar-refractivity contribution < 1.29 is 9.53 Å². The Morgan fingerprint density at radius 2 is 2.08 bits per heavy atom. The van der Waals surface area contributed by atoms with Crippen LogP contribution in [0.3, 0.4) is 0 Å². The summed E-state index contributed by atoms with van der Waals surface area (Å²) < 4.78 is 4.77. The van der Waals surface area contributed by atoms with Gasteiger partial charge in [-0.1, -0.05) is 0 Å². The van der Waals surface area contributed by atoms with Crippen molar-refractivity contribution >= 4 is 11.9 Å². The van der Waals surface area contributed by atoms with Crippen LogP contribution in [0, 0.1) is 0 Å². The Balaban J connectivity index is 3.02. The van der Waals surface area contributed by atoms with Crippen LogP contribution in [0.4, 0.5) is 0 Å². The summed E-state index contributed by atoms with van der Waals surface area (Å²) >= 11 is 0. The van der Waals surface area contributed by atoms with E-state index in [4.69, 9.17) is 4.74 Å². The lowest BCUT2D eigenvalue weighted by Gasteiger charge is -2.12. The molecule has 0 aliphatic carbocycles. The fraction of sp³-hybridized carbons (Fsp3) is 0.500. The maximum atomic E-state index is 11.1. The third kappa shape index (κ3) is 1.47. The number of esters is 1. The molecule has 0 aromatic rings. The molecule has 1 rings (SSSR count). The zero-order chi connectivity index (χ0) is 9.30. The predicted octanol–water partition coefficient (Wildman–Crippen LogP) is 0.755. The maximum absolute atomic E-state index is 11.1. The summed E-state index contributed by atoms with van der Waals surface area (Å²) in [5.74, 6) is 0.0508. The van der Waals surface area contributed by atoms with E-state index in [0.29, 0.717) is 11.6 Å². The van der Waals surface area contributed by atoms with Gasteiger partial charge in [0.15, 0.2) is 11.6 Å². The molecule has 66 valence electrons. The predicted molar refractivity (Wildman–Crippen MR) is 45.6 cm³/mol. The SMILES string of the molecule is CC1=N/C(=C(/C)N(C)C)C(=O)O1. The Kier molecular flexibility index (Phi) is 2.17. The molecule has 0 aromatic carbocycles. The van der Waals surface area contributed by atoms with Gasteiger partial charge in [0, 0.05) is 26.7 Å². The zero-order valence-corrected chi connectivity index (χ0v) is 7.71. The van der Waals surface area contributed by atoms with E-state index in [9.17, 15) is 4.79 Å². The molecule has 0 unspecified atom stereocenters. The molecule has 0 fully saturated rings. The Bertz CT molecular complexity index is 277. The van der Waals surface area contributed by atoms with Gasteiger partial charge in [0.1, 0.15) is 0 Å². The van der Waals surface area contributed by atoms with E-state index in [-0.39, 0.29) is 5.97 Å². The largest absolute Gasteiger partial charge is 0.407 e. The molecule has 0 aromatic heterocycles. The molecule has 0 N–H and O–H groups in total. The molecule has 0 atom stereocenters. The number of hydrogen-bond donors (Lipinski definition) is 0. The molecular formula is C8H12N2O2. The third-order valence-corrected chi connectivity index (χ3v) is 1.72. The van der Waals surface area contributed by atoms with Crippen molar-refractivity contribution in [1.29, 1.82) is 0 Å². The average Bonchev–Trinajstić information content (AvgIpc) is 2.28. The second-order valence-electron chi connectivity index (χ2n) is 2.85. The summed E-state index contributed by atoms with van der Waals surface area (Å²) in [5.41, 5.74) is 1.22. The van der Waals surface area contributed by atoms with Crippen molar-refractivity contribution in [3.63, 3.8) is 0 Å². The summed E-state index contributed by atoms with van der Waals surface area (Å²) in [6.07, 6.45) is 0. The monoisotopic (exact) mass is 168 g/mol. The Morgan fingerprint density at radius 1 is 1.50 bits per heavy atom. The van der Waals surface area contributed by atoms with Crippen molar-refractivity contribution in [2.24, 2.45) is 4.99 Å². The van der Waals surface area contributed by atoms with Crippen molar-refractivity contribution in [2.75, 3.05) is 14.1 Å². The van der Waals surface area contributed by atoms with Gasteiger partial charge in [-0.3, -0.25) is 0 Å². The topological polar surface area (TPSA) is 41.9 Å². The van der Waals surface area contributed by atoms with Crippen LogP contribution in [-0.2, 0) is 9.53 Å². The molecule has 1 aliphatic heterocycles. The van der Waals surface area contributed by atoms with Gasteiger partial charge in [0.2, 0.25) is 0 Å². The van der Waals surface area contributed by atoms with Gasteiger partial charge in [0.25, 0.3) is 0 Å². The average molecular weight is 168 g/mol. The second kappa shape index (κ2) is 2.97. The molecule has 0 spiro atoms. The smallest absolute Gasteiger partial charge is 0.365 e. The molecule has 1 aliphatic rings. The number of carbonyl (C=O) groups excluding carboxylic acids is 1. The van der Waals surface area contributed by atoms with Crippen molar-refractivity contribution in [2.45, 2.75) is 13.8 Å². The van der Waals surface area contributed by atoms with Gasteiger partial charge in [0.05, 0.1) is 0 Å². The number of carbonyl (C=O) groups is 1. The summed E-state index contributed by atoms with van der Waals surface area (Å²) in [7, 11) is 3.72. The van der Waals surface area contributed by atoms with E-state index >= 15 is 0 Å². The first kappa shape index (κ1) is 8.77. The fourth-order valence-corrected chi connectivity index (χ4v) is 0.849. The first-order valence-corrected chi connectivity index (χ1v) is 3.68. The minimum atomic E-state index is -0.362. The Hall–Kier alpha value is -1.32. The van der Waals surface area contributed by atoms with Crippen LogP contribution in [0.25, 0.3) is 0 Å². The molecule has 0 radical (unpaired) electrons. The van der Waals surface area contributed by atoms with E-state index in [1.165, 1.54) is 0 Å². The van der Waals surface area contributed by atoms with E-state index < -0.39 is 0 Å². The molecule has 0 amide bonds. The second-order valence-corrected chi connectivity index (χ2v) is 2.85. The number of allylic oxidation sites excluding steroid dienone is 1. The standard InChI is InChI=1S/C8H12N2O2/c1-5(10(3)4)7-8(11)12-6(2)9-7/h1-4H3/b7-5-. The first-order valence-electron chi connectivity index (χ1n) is 3.68. The van der Waals surface area contributed by atoms with E-state index in [0.717, 1.165) is 5.70 Å². The van der Waals surface area contributed by atoms with E-state index in [2.05, 4.69) is 4.99 Å². The van der Waals surface area contributed by atoms with Crippen LogP contribution in [-0.4, -0.2) is 30.9 Å². The molecule has 0 saturated heterocycles. The molecule has 0 bridgehead atoms. The van der Waals surface area contributed by atoms with Crippen LogP contribution in [0.2, 0.25) is 0 Å². The molecular weight excluding hydrogens is 156 g/mol. The Morgan fingerprint density at radius 3 is 2.42 bits per heavy atom. The van der Waals surface area contributed by atoms with Crippen LogP contribution >= 0.6 is 0 Å². The number of hydrogen-bond acceptors (Lipinski definition) is 4.